The summed E-state index contributed by atoms with van der Waals surface area (Å²) in [4.78, 5) is 132. The van der Waals surface area contributed by atoms with E-state index in [1.807, 2.05) is 38.1 Å². The van der Waals surface area contributed by atoms with Gasteiger partial charge >= 0.3 is 0 Å². The number of aliphatic hydroxyl groups is 11. The average molecular weight is 1870 g/mol. The molecule has 712 valence electrons. The summed E-state index contributed by atoms with van der Waals surface area (Å²) in [6.45, 7) is 9.37. The van der Waals surface area contributed by atoms with Crippen LogP contribution in [0.4, 0.5) is 0 Å². The maximum absolute atomic E-state index is 16.6. The second-order valence-corrected chi connectivity index (χ2v) is 35.4. The van der Waals surface area contributed by atoms with Crippen molar-refractivity contribution in [3.05, 3.63) is 146 Å². The van der Waals surface area contributed by atoms with Gasteiger partial charge in [0, 0.05) is 66.9 Å². The molecule has 0 aromatic heterocycles. The van der Waals surface area contributed by atoms with Gasteiger partial charge in [-0.3, -0.25) is 43.2 Å². The first kappa shape index (κ1) is 101. The van der Waals surface area contributed by atoms with Gasteiger partial charge in [-0.2, -0.15) is 0 Å². The van der Waals surface area contributed by atoms with Crippen molar-refractivity contribution in [3.8, 4) is 62.9 Å². The van der Waals surface area contributed by atoms with E-state index in [1.54, 1.807) is 20.8 Å². The molecule has 6 aromatic carbocycles. The number of primary amides is 1. The molecule has 1 saturated carbocycles. The maximum Gasteiger partial charge on any atom is 0.295 e. The molecule has 6 heterocycles. The van der Waals surface area contributed by atoms with Gasteiger partial charge in [-0.15, -0.1) is 0 Å². The first-order chi connectivity index (χ1) is 62.3. The van der Waals surface area contributed by atoms with Gasteiger partial charge in [-0.05, 0) is 165 Å². The highest BCUT2D eigenvalue weighted by molar-refractivity contribution is 6.32. The third kappa shape index (κ3) is 24.0. The van der Waals surface area contributed by atoms with Crippen LogP contribution < -0.4 is 56.6 Å². The van der Waals surface area contributed by atoms with Crippen LogP contribution >= 0.6 is 23.2 Å². The van der Waals surface area contributed by atoms with Crippen LogP contribution in [0.5, 0.6) is 51.7 Å². The van der Waals surface area contributed by atoms with Gasteiger partial charge in [0.05, 0.1) is 59.5 Å². The highest BCUT2D eigenvalue weighted by Gasteiger charge is 2.52. The second kappa shape index (κ2) is 45.0. The normalized spacial score (nSPS) is 26.5. The number of phenols is 3. The standard InChI is InChI=1S/C92H115Cl2N7O30/c1-7-9-24-125-51-18-13-44(14-19-51)37-97-92(6)36-52(26-43(5)85(92)120)127-84-82(119)80(117)69(40-103)130-91(84)131-83-67-31-49-32-68(83)129-66-22-17-48(29-58(66)94)76(113)74-89(124)101-90(126-41-104)55-35-61(107)56(38-96-23-11-10-12-60(106)78(115)81(118)79(116)64(110)39-102)77(114)71(55)54-27-46(15-20-59(54)105)53(88(123)100-74)34-63(109)72(49)98-87(122)50(33-70(95)111)30-62(108)73(99-86(121)45(8-2)25-42(3)4)75(112)47-16-21-65(128-67)57(93)28-47/h13-22,27-29,31-32,35,41-43,45,50,52-53,64,69,72-76,78-82,84-85,90-91,96-97,102-103,105,107,110,112-120H,7-12,23-26,30,33-34,36-40H2,1-6H3,(H2,95,111)(H,98,122)(H,99,121)(H,100,123)(H,101,124)/t43-,45-,50+,52-,53+,64-,69-,72-,73+,74+,75-,76-,78+,79-,80?,81-,82?,84-,85-,90-,91+,92?/m1/s1. The number of unbranched alkanes of at least 4 members (excludes halogenated alkanes) is 2. The molecule has 6 aliphatic heterocycles. The largest absolute Gasteiger partial charge is 0.507 e. The Labute approximate surface area is 764 Å². The molecule has 0 spiro atoms. The van der Waals surface area contributed by atoms with Gasteiger partial charge in [-0.25, -0.2) is 0 Å². The van der Waals surface area contributed by atoms with Crippen LogP contribution in [0.25, 0.3) is 11.1 Å². The Morgan fingerprint density at radius 1 is 0.725 bits per heavy atom. The van der Waals surface area contributed by atoms with Gasteiger partial charge in [0.25, 0.3) is 6.47 Å². The number of rotatable bonds is 33. The van der Waals surface area contributed by atoms with E-state index in [2.05, 4.69) is 38.8 Å². The van der Waals surface area contributed by atoms with Gasteiger partial charge in [0.15, 0.2) is 28.8 Å². The van der Waals surface area contributed by atoms with E-state index in [0.717, 1.165) is 60.9 Å². The summed E-state index contributed by atoms with van der Waals surface area (Å²) in [6, 6.07) is 14.6. The number of nitrogens with one attached hydrogen (secondary N) is 6. The van der Waals surface area contributed by atoms with E-state index in [0.29, 0.717) is 18.8 Å². The first-order valence-corrected chi connectivity index (χ1v) is 44.3. The van der Waals surface area contributed by atoms with Gasteiger partial charge < -0.3 is 142 Å². The lowest BCUT2D eigenvalue weighted by atomic mass is 9.73. The molecule has 1 saturated heterocycles. The quantitative estimate of drug-likeness (QED) is 0.0199. The monoisotopic (exact) mass is 1870 g/mol. The summed E-state index contributed by atoms with van der Waals surface area (Å²) in [6.07, 6.45) is -26.6. The number of aliphatic hydroxyl groups excluding tert-OH is 11. The fraction of sp³-hybridized carbons (Fsp3) is 0.511. The molecule has 2 fully saturated rings. The molecule has 0 radical (unpaired) electrons. The molecule has 3 unspecified atom stereocenters. The number of fused-ring (bicyclic) bond motifs is 15. The molecular formula is C92H115Cl2N7O30. The van der Waals surface area contributed by atoms with Gasteiger partial charge in [0.1, 0.15) is 114 Å². The molecule has 22 atom stereocenters. The van der Waals surface area contributed by atoms with Crippen molar-refractivity contribution < 1.29 is 148 Å². The van der Waals surface area contributed by atoms with Gasteiger partial charge in [-0.1, -0.05) is 94.6 Å². The molecule has 39 heteroatoms. The molecular weight excluding hydrogens is 1750 g/mol. The highest BCUT2D eigenvalue weighted by Crippen LogP contribution is 2.52. The second-order valence-electron chi connectivity index (χ2n) is 34.6. The summed E-state index contributed by atoms with van der Waals surface area (Å²) in [5.41, 5.74) is 2.83. The number of carbonyl (C=O) groups excluding carboxylic acids is 9. The molecule has 131 heavy (non-hydrogen) atoms. The topological polar surface area (TPSA) is 600 Å². The minimum absolute atomic E-state index is 0.00570. The third-order valence-electron chi connectivity index (χ3n) is 24.5. The van der Waals surface area contributed by atoms with Crippen molar-refractivity contribution in [2.75, 3.05) is 26.4 Å². The zero-order valence-corrected chi connectivity index (χ0v) is 74.4. The lowest BCUT2D eigenvalue weighted by Gasteiger charge is -2.48. The van der Waals surface area contributed by atoms with E-state index >= 15 is 24.0 Å². The maximum atomic E-state index is 16.6. The Bertz CT molecular complexity index is 5090. The van der Waals surface area contributed by atoms with Crippen LogP contribution in [0.2, 0.25) is 10.0 Å². The smallest absolute Gasteiger partial charge is 0.295 e. The minimum atomic E-state index is -2.26. The average Bonchev–Trinajstić information content (AvgIpc) is 0.758. The van der Waals surface area contributed by atoms with Crippen molar-refractivity contribution in [1.82, 2.24) is 31.9 Å². The SMILES string of the molecule is CCCCOc1ccc(CNC2(C)C[C@H](O[C@@H]3C(O)C(O)[C@@H](CO)O[C@H]3Oc3c4cc5cc3Oc3ccc(cc3Cl)[C@@H](O)[C@@H](NC(=O)[C@H](CC)CC(C)C)C(=O)C[C@@H](CC(N)=O)C(=O)N[C@H]5C(=O)C[C@@H]3C(=O)N[C@H](C(=O)N[C@H](OC=O)c5cc(O)c(CNCCCCC(=O)[C@H](O)[C@@H](O)[C@H](O)[C@H](O)CO)c(O)c5-c5cc3ccc5O)[C@H](O)c3ccc(c(Cl)c3)O4)C[C@@H](C)[C@H]2O)cc1. The number of aromatic hydroxyl groups is 3. The molecule has 22 N–H and O–H groups in total. The predicted molar refractivity (Wildman–Crippen MR) is 467 cm³/mol. The molecule has 37 nitrogen and oxygen atoms in total. The number of carbonyl (C=O) groups is 9. The van der Waals surface area contributed by atoms with Crippen molar-refractivity contribution in [1.29, 1.82) is 0 Å². The van der Waals surface area contributed by atoms with Crippen LogP contribution in [0, 0.1) is 23.7 Å². The first-order valence-electron chi connectivity index (χ1n) is 43.5. The van der Waals surface area contributed by atoms with Crippen molar-refractivity contribution in [2.45, 2.75) is 247 Å². The van der Waals surface area contributed by atoms with Crippen LogP contribution in [-0.2, 0) is 70.5 Å². The highest BCUT2D eigenvalue weighted by atomic mass is 35.5. The number of ketones is 3. The van der Waals surface area contributed by atoms with E-state index in [4.69, 9.17) is 62.1 Å². The number of amides is 5. The molecule has 6 aromatic rings. The lowest BCUT2D eigenvalue weighted by Crippen LogP contribution is -2.64. The number of hydrogen-bond acceptors (Lipinski definition) is 32. The fourth-order valence-electron chi connectivity index (χ4n) is 17.1. The summed E-state index contributed by atoms with van der Waals surface area (Å²) >= 11 is 14.5. The molecule has 7 aliphatic rings. The van der Waals surface area contributed by atoms with Crippen molar-refractivity contribution in [2.24, 2.45) is 29.4 Å². The van der Waals surface area contributed by atoms with Crippen LogP contribution in [-0.4, -0.2) is 236 Å². The number of halogens is 2. The Hall–Kier alpha value is -10.3. The van der Waals surface area contributed by atoms with E-state index < -0.39 is 281 Å². The number of nitrogens with two attached hydrogens (primary N) is 1. The summed E-state index contributed by atoms with van der Waals surface area (Å²) in [5.74, 6) is -18.3. The van der Waals surface area contributed by atoms with Crippen molar-refractivity contribution in [3.63, 3.8) is 0 Å². The number of Topliss-reactive ketones (excluding diaryl/α,β-unsaturated/α-hetero) is 3. The fourth-order valence-corrected chi connectivity index (χ4v) is 17.6. The molecule has 11 bridgehead atoms. The predicted octanol–water partition coefficient (Wildman–Crippen LogP) is 4.50. The van der Waals surface area contributed by atoms with Gasteiger partial charge in [0.2, 0.25) is 47.8 Å². The summed E-state index contributed by atoms with van der Waals surface area (Å²) < 4.78 is 45.2. The Kier molecular flexibility index (Phi) is 34.8. The minimum Gasteiger partial charge on any atom is -0.507 e. The zero-order chi connectivity index (χ0) is 95.3. The summed E-state index contributed by atoms with van der Waals surface area (Å²) in [5, 5.41) is 175. The van der Waals surface area contributed by atoms with Crippen LogP contribution in [0.1, 0.15) is 188 Å². The van der Waals surface area contributed by atoms with Crippen molar-refractivity contribution >= 4 is 76.6 Å². The third-order valence-corrected chi connectivity index (χ3v) is 25.1. The van der Waals surface area contributed by atoms with Crippen LogP contribution in [0.15, 0.2) is 97.1 Å². The zero-order valence-electron chi connectivity index (χ0n) is 72.9. The molecule has 5 amide bonds. The summed E-state index contributed by atoms with van der Waals surface area (Å²) in [7, 11) is 0. The number of hydrogen-bond donors (Lipinski definition) is 21. The Balaban J connectivity index is 1.08. The Morgan fingerprint density at radius 2 is 1.39 bits per heavy atom. The van der Waals surface area contributed by atoms with E-state index in [1.165, 1.54) is 30.3 Å². The number of phenolic OH excluding ortho intramolecular Hbond substituents is 3. The van der Waals surface area contributed by atoms with E-state index in [9.17, 15) is 90.7 Å². The van der Waals surface area contributed by atoms with E-state index in [-0.39, 0.29) is 103 Å². The lowest BCUT2D eigenvalue weighted by molar-refractivity contribution is -0.299. The number of benzene rings is 6. The molecule has 13 rings (SSSR count). The Morgan fingerprint density at radius 3 is 2.01 bits per heavy atom. The van der Waals surface area contributed by atoms with Crippen LogP contribution in [0.3, 0.4) is 0 Å². The number of ether oxygens (including phenoxy) is 7. The molecule has 1 aliphatic carbocycles.